The average molecular weight is 396 g/mol. The minimum absolute atomic E-state index is 0.0416. The predicted octanol–water partition coefficient (Wildman–Crippen LogP) is 2.16. The number of aliphatic carboxylic acids is 1. The summed E-state index contributed by atoms with van der Waals surface area (Å²) in [5.41, 5.74) is 0.233. The van der Waals surface area contributed by atoms with Gasteiger partial charge in [-0.3, -0.25) is 9.59 Å². The molecular weight excluding hydrogens is 376 g/mol. The fourth-order valence-electron chi connectivity index (χ4n) is 2.24. The third-order valence-electron chi connectivity index (χ3n) is 3.62. The Bertz CT molecular complexity index is 859. The van der Waals surface area contributed by atoms with Crippen molar-refractivity contribution in [3.05, 3.63) is 52.2 Å². The monoisotopic (exact) mass is 396 g/mol. The molecule has 0 saturated heterocycles. The van der Waals surface area contributed by atoms with Gasteiger partial charge in [0.1, 0.15) is 6.54 Å². The second-order valence-corrected chi connectivity index (χ2v) is 8.65. The Kier molecular flexibility index (Phi) is 6.52. The Labute approximate surface area is 156 Å². The van der Waals surface area contributed by atoms with E-state index in [4.69, 9.17) is 5.11 Å². The van der Waals surface area contributed by atoms with Crippen LogP contribution in [0.5, 0.6) is 0 Å². The van der Waals surface area contributed by atoms with Crippen LogP contribution in [0.3, 0.4) is 0 Å². The number of benzene rings is 1. The van der Waals surface area contributed by atoms with E-state index in [1.54, 1.807) is 13.8 Å². The summed E-state index contributed by atoms with van der Waals surface area (Å²) in [6, 6.07) is 8.82. The van der Waals surface area contributed by atoms with Gasteiger partial charge in [0.15, 0.2) is 0 Å². The third-order valence-corrected chi connectivity index (χ3v) is 5.91. The number of amides is 1. The minimum atomic E-state index is -3.70. The molecule has 26 heavy (non-hydrogen) atoms. The zero-order valence-corrected chi connectivity index (χ0v) is 16.0. The molecule has 0 aliphatic heterocycles. The zero-order chi connectivity index (χ0) is 19.3. The fraction of sp³-hybridized carbons (Fsp3) is 0.294. The van der Waals surface area contributed by atoms with E-state index < -0.39 is 28.4 Å². The standard InChI is InChI=1S/C17H20N2O5S2/c1-12(2)19(11-16(20)21)17(22)13-5-7-15(8-6-13)26(23,24)18-10-14-4-3-9-25-14/h3-9,12,18H,10-11H2,1-2H3,(H,20,21). The van der Waals surface area contributed by atoms with Crippen molar-refractivity contribution in [3.8, 4) is 0 Å². The zero-order valence-electron chi connectivity index (χ0n) is 14.4. The van der Waals surface area contributed by atoms with Crippen LogP contribution in [0.15, 0.2) is 46.7 Å². The van der Waals surface area contributed by atoms with Crippen LogP contribution < -0.4 is 4.72 Å². The van der Waals surface area contributed by atoms with Crippen LogP contribution in [0, 0.1) is 0 Å². The molecule has 0 fully saturated rings. The number of carbonyl (C=O) groups is 2. The van der Waals surface area contributed by atoms with Crippen LogP contribution in [-0.4, -0.2) is 42.9 Å². The van der Waals surface area contributed by atoms with Gasteiger partial charge in [0.05, 0.1) is 4.90 Å². The Balaban J connectivity index is 2.13. The second kappa shape index (κ2) is 8.43. The topological polar surface area (TPSA) is 104 Å². The molecule has 0 atom stereocenters. The number of hydrogen-bond donors (Lipinski definition) is 2. The normalized spacial score (nSPS) is 11.5. The summed E-state index contributed by atoms with van der Waals surface area (Å²) in [6.07, 6.45) is 0. The Morgan fingerprint density at radius 1 is 1.19 bits per heavy atom. The molecule has 1 aromatic heterocycles. The summed E-state index contributed by atoms with van der Waals surface area (Å²) in [5, 5.41) is 10.8. The lowest BCUT2D eigenvalue weighted by atomic mass is 10.1. The summed E-state index contributed by atoms with van der Waals surface area (Å²) in [5.74, 6) is -1.57. The molecule has 1 amide bonds. The molecule has 2 aromatic rings. The molecule has 9 heteroatoms. The van der Waals surface area contributed by atoms with Gasteiger partial charge < -0.3 is 10.0 Å². The number of hydrogen-bond acceptors (Lipinski definition) is 5. The largest absolute Gasteiger partial charge is 0.480 e. The molecule has 0 saturated carbocycles. The Hall–Kier alpha value is -2.23. The van der Waals surface area contributed by atoms with E-state index in [1.165, 1.54) is 40.5 Å². The van der Waals surface area contributed by atoms with E-state index in [0.717, 1.165) is 4.88 Å². The first kappa shape index (κ1) is 20.1. The van der Waals surface area contributed by atoms with Crippen LogP contribution in [-0.2, 0) is 21.4 Å². The highest BCUT2D eigenvalue weighted by Gasteiger charge is 2.22. The van der Waals surface area contributed by atoms with Crippen LogP contribution >= 0.6 is 11.3 Å². The molecule has 140 valence electrons. The van der Waals surface area contributed by atoms with Gasteiger partial charge in [0.25, 0.3) is 5.91 Å². The molecule has 0 aliphatic carbocycles. The summed E-state index contributed by atoms with van der Waals surface area (Å²) in [6.45, 7) is 3.21. The predicted molar refractivity (Wildman–Crippen MR) is 98.6 cm³/mol. The molecule has 0 aliphatic rings. The van der Waals surface area contributed by atoms with Crippen molar-refractivity contribution in [2.45, 2.75) is 31.3 Å². The average Bonchev–Trinajstić information content (AvgIpc) is 3.11. The van der Waals surface area contributed by atoms with Crippen LogP contribution in [0.4, 0.5) is 0 Å². The van der Waals surface area contributed by atoms with Gasteiger partial charge in [0, 0.05) is 23.0 Å². The number of rotatable bonds is 8. The highest BCUT2D eigenvalue weighted by molar-refractivity contribution is 7.89. The van der Waals surface area contributed by atoms with E-state index in [1.807, 2.05) is 17.5 Å². The first-order valence-corrected chi connectivity index (χ1v) is 10.2. The molecule has 2 N–H and O–H groups in total. The maximum Gasteiger partial charge on any atom is 0.323 e. The number of carboxylic acid groups (broad SMARTS) is 1. The molecule has 1 aromatic carbocycles. The minimum Gasteiger partial charge on any atom is -0.480 e. The van der Waals surface area contributed by atoms with Gasteiger partial charge in [-0.1, -0.05) is 6.07 Å². The molecule has 2 rings (SSSR count). The van der Waals surface area contributed by atoms with Crippen molar-refractivity contribution >= 4 is 33.2 Å². The number of sulfonamides is 1. The summed E-state index contributed by atoms with van der Waals surface area (Å²) < 4.78 is 27.1. The van der Waals surface area contributed by atoms with Crippen LogP contribution in [0.2, 0.25) is 0 Å². The van der Waals surface area contributed by atoms with E-state index in [0.29, 0.717) is 0 Å². The van der Waals surface area contributed by atoms with E-state index in [-0.39, 0.29) is 23.0 Å². The summed E-state index contributed by atoms with van der Waals surface area (Å²) in [4.78, 5) is 25.5. The molecule has 1 heterocycles. The highest BCUT2D eigenvalue weighted by atomic mass is 32.2. The first-order chi connectivity index (χ1) is 12.2. The summed E-state index contributed by atoms with van der Waals surface area (Å²) >= 11 is 1.45. The lowest BCUT2D eigenvalue weighted by Gasteiger charge is -2.25. The number of thiophene rings is 1. The number of nitrogens with zero attached hydrogens (tertiary/aromatic N) is 1. The molecule has 0 bridgehead atoms. The molecule has 7 nitrogen and oxygen atoms in total. The molecule has 0 radical (unpaired) electrons. The fourth-order valence-corrected chi connectivity index (χ4v) is 3.98. The van der Waals surface area contributed by atoms with Crippen molar-refractivity contribution in [1.82, 2.24) is 9.62 Å². The maximum absolute atomic E-state index is 12.5. The molecule has 0 spiro atoms. The van der Waals surface area contributed by atoms with Crippen molar-refractivity contribution in [2.24, 2.45) is 0 Å². The first-order valence-electron chi connectivity index (χ1n) is 7.85. The van der Waals surface area contributed by atoms with Crippen molar-refractivity contribution in [2.75, 3.05) is 6.54 Å². The number of nitrogens with one attached hydrogen (secondary N) is 1. The maximum atomic E-state index is 12.5. The number of carboxylic acids is 1. The summed E-state index contributed by atoms with van der Waals surface area (Å²) in [7, 11) is -3.70. The molecular formula is C17H20N2O5S2. The van der Waals surface area contributed by atoms with Crippen LogP contribution in [0.25, 0.3) is 0 Å². The quantitative estimate of drug-likeness (QED) is 0.712. The van der Waals surface area contributed by atoms with Gasteiger partial charge in [-0.05, 0) is 49.6 Å². The van der Waals surface area contributed by atoms with Gasteiger partial charge >= 0.3 is 5.97 Å². The lowest BCUT2D eigenvalue weighted by Crippen LogP contribution is -2.40. The van der Waals surface area contributed by atoms with Crippen molar-refractivity contribution in [1.29, 1.82) is 0 Å². The second-order valence-electron chi connectivity index (χ2n) is 5.85. The SMILES string of the molecule is CC(C)N(CC(=O)O)C(=O)c1ccc(S(=O)(=O)NCc2cccs2)cc1. The highest BCUT2D eigenvalue weighted by Crippen LogP contribution is 2.15. The smallest absolute Gasteiger partial charge is 0.323 e. The van der Waals surface area contributed by atoms with E-state index >= 15 is 0 Å². The van der Waals surface area contributed by atoms with Crippen molar-refractivity contribution < 1.29 is 23.1 Å². The third kappa shape index (κ3) is 5.13. The van der Waals surface area contributed by atoms with Gasteiger partial charge in [-0.15, -0.1) is 11.3 Å². The lowest BCUT2D eigenvalue weighted by molar-refractivity contribution is -0.138. The van der Waals surface area contributed by atoms with E-state index in [9.17, 15) is 18.0 Å². The number of carbonyl (C=O) groups excluding carboxylic acids is 1. The van der Waals surface area contributed by atoms with Gasteiger partial charge in [-0.25, -0.2) is 13.1 Å². The van der Waals surface area contributed by atoms with Crippen molar-refractivity contribution in [3.63, 3.8) is 0 Å². The van der Waals surface area contributed by atoms with Crippen LogP contribution in [0.1, 0.15) is 29.1 Å². The van der Waals surface area contributed by atoms with Gasteiger partial charge in [-0.2, -0.15) is 0 Å². The van der Waals surface area contributed by atoms with E-state index in [2.05, 4.69) is 4.72 Å². The molecule has 0 unspecified atom stereocenters. The Morgan fingerprint density at radius 2 is 1.85 bits per heavy atom. The van der Waals surface area contributed by atoms with Gasteiger partial charge in [0.2, 0.25) is 10.0 Å². The Morgan fingerprint density at radius 3 is 2.35 bits per heavy atom.